The lowest BCUT2D eigenvalue weighted by Gasteiger charge is -2.19. The lowest BCUT2D eigenvalue weighted by atomic mass is 9.96. The van der Waals surface area contributed by atoms with Crippen LogP contribution < -0.4 is 4.74 Å². The van der Waals surface area contributed by atoms with Gasteiger partial charge in [0.2, 0.25) is 5.91 Å². The van der Waals surface area contributed by atoms with E-state index in [1.165, 1.54) is 12.8 Å². The molecule has 1 aliphatic heterocycles. The molecule has 1 aromatic heterocycles. The smallest absolute Gasteiger partial charge is 0.246 e. The van der Waals surface area contributed by atoms with Crippen LogP contribution in [0.2, 0.25) is 0 Å². The molecule has 1 amide bonds. The fourth-order valence-electron chi connectivity index (χ4n) is 4.44. The Morgan fingerprint density at radius 2 is 1.84 bits per heavy atom. The molecule has 0 bridgehead atoms. The van der Waals surface area contributed by atoms with Crippen LogP contribution in [0.1, 0.15) is 50.7 Å². The summed E-state index contributed by atoms with van der Waals surface area (Å²) in [6, 6.07) is 10.3. The van der Waals surface area contributed by atoms with Crippen LogP contribution in [0.3, 0.4) is 0 Å². The molecule has 1 aliphatic rings. The molecule has 32 heavy (non-hydrogen) atoms. The summed E-state index contributed by atoms with van der Waals surface area (Å²) in [4.78, 5) is 15.0. The Balaban J connectivity index is 1.79. The summed E-state index contributed by atoms with van der Waals surface area (Å²) >= 11 is 3.50. The molecule has 0 unspecified atom stereocenters. The third-order valence-electron chi connectivity index (χ3n) is 6.17. The lowest BCUT2D eigenvalue weighted by molar-refractivity contribution is -0.125. The van der Waals surface area contributed by atoms with Gasteiger partial charge in [0.15, 0.2) is 0 Å². The monoisotopic (exact) mass is 495 g/mol. The zero-order valence-corrected chi connectivity index (χ0v) is 20.6. The van der Waals surface area contributed by atoms with Crippen molar-refractivity contribution >= 4 is 38.4 Å². The lowest BCUT2D eigenvalue weighted by Crippen LogP contribution is -2.30. The summed E-state index contributed by atoms with van der Waals surface area (Å²) in [5.74, 6) is 0.874. The molecule has 0 radical (unpaired) electrons. The van der Waals surface area contributed by atoms with Gasteiger partial charge >= 0.3 is 0 Å². The van der Waals surface area contributed by atoms with E-state index in [1.54, 1.807) is 6.08 Å². The number of allylic oxidation sites excluding steroid dienone is 1. The maximum Gasteiger partial charge on any atom is 0.246 e. The standard InChI is InChI=1S/C27H30BrNO3/c1-4-31-26-19(3)27-23(24(17-32-27)20-9-11-21(28)12-10-20)16-22(26)18(2)15-25(30)29-13-7-5-6-8-14-29/h9-12,15-17H,4-8,13-14H2,1-3H3/b18-15+. The second kappa shape index (κ2) is 9.95. The van der Waals surface area contributed by atoms with E-state index in [4.69, 9.17) is 9.15 Å². The van der Waals surface area contributed by atoms with Crippen LogP contribution in [-0.4, -0.2) is 30.5 Å². The molecule has 168 valence electrons. The van der Waals surface area contributed by atoms with Crippen molar-refractivity contribution in [2.75, 3.05) is 19.7 Å². The Morgan fingerprint density at radius 1 is 1.16 bits per heavy atom. The topological polar surface area (TPSA) is 42.7 Å². The van der Waals surface area contributed by atoms with E-state index in [0.717, 1.165) is 74.9 Å². The van der Waals surface area contributed by atoms with Crippen LogP contribution in [0.25, 0.3) is 27.7 Å². The summed E-state index contributed by atoms with van der Waals surface area (Å²) in [7, 11) is 0. The number of fused-ring (bicyclic) bond motifs is 1. The van der Waals surface area contributed by atoms with Gasteiger partial charge in [0, 0.05) is 45.7 Å². The van der Waals surface area contributed by atoms with Gasteiger partial charge in [-0.15, -0.1) is 0 Å². The molecule has 2 heterocycles. The van der Waals surface area contributed by atoms with Gasteiger partial charge < -0.3 is 14.1 Å². The Morgan fingerprint density at radius 3 is 2.50 bits per heavy atom. The van der Waals surface area contributed by atoms with E-state index in [-0.39, 0.29) is 5.91 Å². The van der Waals surface area contributed by atoms with Crippen LogP contribution in [0.5, 0.6) is 5.75 Å². The van der Waals surface area contributed by atoms with Gasteiger partial charge in [-0.1, -0.05) is 40.9 Å². The molecule has 0 atom stereocenters. The maximum atomic E-state index is 13.0. The van der Waals surface area contributed by atoms with Crippen LogP contribution >= 0.6 is 15.9 Å². The molecule has 3 aromatic rings. The first kappa shape index (κ1) is 22.7. The number of ether oxygens (including phenoxy) is 1. The summed E-state index contributed by atoms with van der Waals surface area (Å²) in [5, 5.41) is 1.03. The van der Waals surface area contributed by atoms with Crippen molar-refractivity contribution in [2.45, 2.75) is 46.5 Å². The minimum absolute atomic E-state index is 0.0879. The zero-order valence-electron chi connectivity index (χ0n) is 19.0. The van der Waals surface area contributed by atoms with E-state index in [0.29, 0.717) is 6.61 Å². The number of nitrogens with zero attached hydrogens (tertiary/aromatic N) is 1. The molecular formula is C27H30BrNO3. The van der Waals surface area contributed by atoms with Gasteiger partial charge in [-0.2, -0.15) is 0 Å². The fourth-order valence-corrected chi connectivity index (χ4v) is 4.70. The number of furan rings is 1. The number of carbonyl (C=O) groups is 1. The van der Waals surface area contributed by atoms with Crippen molar-refractivity contribution in [2.24, 2.45) is 0 Å². The van der Waals surface area contributed by atoms with Crippen LogP contribution in [0.15, 0.2) is 51.6 Å². The molecule has 1 fully saturated rings. The van der Waals surface area contributed by atoms with Crippen molar-refractivity contribution in [1.29, 1.82) is 0 Å². The van der Waals surface area contributed by atoms with E-state index in [2.05, 4.69) is 34.1 Å². The highest BCUT2D eigenvalue weighted by Crippen LogP contribution is 2.41. The zero-order chi connectivity index (χ0) is 22.7. The van der Waals surface area contributed by atoms with Crippen LogP contribution in [-0.2, 0) is 4.79 Å². The van der Waals surface area contributed by atoms with E-state index >= 15 is 0 Å². The summed E-state index contributed by atoms with van der Waals surface area (Å²) in [6.45, 7) is 8.23. The summed E-state index contributed by atoms with van der Waals surface area (Å²) in [5.41, 5.74) is 5.75. The molecule has 4 rings (SSSR count). The molecule has 0 saturated carbocycles. The van der Waals surface area contributed by atoms with Gasteiger partial charge in [-0.3, -0.25) is 4.79 Å². The molecule has 0 N–H and O–H groups in total. The Bertz CT molecular complexity index is 1140. The Labute approximate surface area is 198 Å². The first-order valence-electron chi connectivity index (χ1n) is 11.4. The number of rotatable bonds is 5. The third-order valence-corrected chi connectivity index (χ3v) is 6.70. The van der Waals surface area contributed by atoms with Crippen LogP contribution in [0.4, 0.5) is 0 Å². The first-order chi connectivity index (χ1) is 15.5. The number of hydrogen-bond donors (Lipinski definition) is 0. The number of amides is 1. The summed E-state index contributed by atoms with van der Waals surface area (Å²) in [6.07, 6.45) is 8.15. The van der Waals surface area contributed by atoms with Crippen molar-refractivity contribution in [3.63, 3.8) is 0 Å². The largest absolute Gasteiger partial charge is 0.493 e. The maximum absolute atomic E-state index is 13.0. The molecule has 5 heteroatoms. The second-order valence-electron chi connectivity index (χ2n) is 8.41. The Kier molecular flexibility index (Phi) is 7.04. The number of aryl methyl sites for hydroxylation is 1. The van der Waals surface area contributed by atoms with Crippen molar-refractivity contribution in [3.05, 3.63) is 58.3 Å². The first-order valence-corrected chi connectivity index (χ1v) is 12.2. The Hall–Kier alpha value is -2.53. The van der Waals surface area contributed by atoms with Crippen LogP contribution in [0, 0.1) is 6.92 Å². The van der Waals surface area contributed by atoms with E-state index in [9.17, 15) is 4.79 Å². The van der Waals surface area contributed by atoms with E-state index < -0.39 is 0 Å². The van der Waals surface area contributed by atoms with Crippen molar-refractivity contribution in [3.8, 4) is 16.9 Å². The van der Waals surface area contributed by atoms with Gasteiger partial charge in [-0.05, 0) is 62.9 Å². The number of carbonyl (C=O) groups excluding carboxylic acids is 1. The quantitative estimate of drug-likeness (QED) is 0.346. The predicted molar refractivity (Wildman–Crippen MR) is 134 cm³/mol. The number of likely N-dealkylation sites (tertiary alicyclic amines) is 1. The normalized spacial score (nSPS) is 15.1. The molecule has 4 nitrogen and oxygen atoms in total. The van der Waals surface area contributed by atoms with E-state index in [1.807, 2.05) is 44.1 Å². The fraction of sp³-hybridized carbons (Fsp3) is 0.370. The van der Waals surface area contributed by atoms with Gasteiger partial charge in [0.05, 0.1) is 12.9 Å². The number of halogens is 1. The van der Waals surface area contributed by atoms with Gasteiger partial charge in [-0.25, -0.2) is 0 Å². The minimum atomic E-state index is 0.0879. The van der Waals surface area contributed by atoms with Gasteiger partial charge in [0.1, 0.15) is 11.3 Å². The molecule has 1 saturated heterocycles. The highest BCUT2D eigenvalue weighted by atomic mass is 79.9. The molecule has 0 aliphatic carbocycles. The van der Waals surface area contributed by atoms with Crippen molar-refractivity contribution in [1.82, 2.24) is 4.90 Å². The second-order valence-corrected chi connectivity index (χ2v) is 9.33. The molecule has 2 aromatic carbocycles. The molecular weight excluding hydrogens is 466 g/mol. The average molecular weight is 496 g/mol. The molecule has 0 spiro atoms. The third kappa shape index (κ3) is 4.63. The number of hydrogen-bond acceptors (Lipinski definition) is 3. The number of benzene rings is 2. The minimum Gasteiger partial charge on any atom is -0.493 e. The average Bonchev–Trinajstić information content (AvgIpc) is 3.01. The van der Waals surface area contributed by atoms with Crippen molar-refractivity contribution < 1.29 is 13.9 Å². The highest BCUT2D eigenvalue weighted by Gasteiger charge is 2.20. The van der Waals surface area contributed by atoms with Gasteiger partial charge in [0.25, 0.3) is 0 Å². The SMILES string of the molecule is CCOc1c(/C(C)=C/C(=O)N2CCCCCC2)cc2c(-c3ccc(Br)cc3)coc2c1C. The predicted octanol–water partition coefficient (Wildman–Crippen LogP) is 7.38. The summed E-state index contributed by atoms with van der Waals surface area (Å²) < 4.78 is 13.1. The highest BCUT2D eigenvalue weighted by molar-refractivity contribution is 9.10.